The Labute approximate surface area is 355 Å². The molecule has 2 aromatic carbocycles. The van der Waals surface area contributed by atoms with Gasteiger partial charge in [0.15, 0.2) is 0 Å². The maximum atomic E-state index is 15.2. The lowest BCUT2D eigenvalue weighted by atomic mass is 9.47. The van der Waals surface area contributed by atoms with Crippen LogP contribution in [0.2, 0.25) is 0 Å². The van der Waals surface area contributed by atoms with E-state index in [0.717, 1.165) is 65.7 Å². The first-order valence-corrected chi connectivity index (χ1v) is 24.6. The Bertz CT molecular complexity index is 2160. The molecule has 8 saturated carbocycles. The van der Waals surface area contributed by atoms with Gasteiger partial charge in [-0.1, -0.05) is 84.0 Å². The van der Waals surface area contributed by atoms with Crippen molar-refractivity contribution in [1.29, 1.82) is 0 Å². The molecule has 2 aromatic rings. The van der Waals surface area contributed by atoms with E-state index in [9.17, 15) is 27.4 Å². The number of esters is 2. The first kappa shape index (κ1) is 41.9. The van der Waals surface area contributed by atoms with Crippen molar-refractivity contribution in [3.05, 3.63) is 59.2 Å². The van der Waals surface area contributed by atoms with Gasteiger partial charge in [-0.05, 0) is 120 Å². The highest BCUT2D eigenvalue weighted by atomic mass is 32.2. The molecule has 8 bridgehead atoms. The number of halogens is 2. The molecule has 0 radical (unpaired) electrons. The van der Waals surface area contributed by atoms with Crippen LogP contribution in [0.5, 0.6) is 0 Å². The molecule has 6 unspecified atom stereocenters. The fourth-order valence-electron chi connectivity index (χ4n) is 12.9. The smallest absolute Gasteiger partial charge is 0.464 e. The summed E-state index contributed by atoms with van der Waals surface area (Å²) in [5, 5.41) is -5.12. The number of hydrogen-bond donors (Lipinski definition) is 1. The normalized spacial score (nSPS) is 37.3. The van der Waals surface area contributed by atoms with E-state index in [1.54, 1.807) is 0 Å². The van der Waals surface area contributed by atoms with Gasteiger partial charge in [0.05, 0.1) is 9.49 Å². The molecular formula is C46H56F2O8S3. The fraction of sp³-hybridized carbons (Fsp3) is 0.674. The second-order valence-electron chi connectivity index (χ2n) is 21.2. The summed E-state index contributed by atoms with van der Waals surface area (Å²) in [5.41, 5.74) is 2.61. The predicted molar refractivity (Wildman–Crippen MR) is 225 cm³/mol. The van der Waals surface area contributed by atoms with Crippen LogP contribution in [0.1, 0.15) is 122 Å². The van der Waals surface area contributed by atoms with Crippen molar-refractivity contribution < 1.29 is 45.6 Å². The summed E-state index contributed by atoms with van der Waals surface area (Å²) in [5.74, 6) is -1.63. The molecule has 59 heavy (non-hydrogen) atoms. The van der Waals surface area contributed by atoms with Gasteiger partial charge in [-0.25, -0.2) is 4.79 Å². The number of Topliss-reactive ketones (excluding diaryl/α,β-unsaturated/α-hetero) is 1. The SMILES string of the molecule is CC(C)(C)c1ccc(-c2ccc(C(C)(C)C)cc2C2C3CC4CC2(OC(=O)C(F)(F)S(=O)(=O)O)CC(C3)C42SCC(COC(=O)C34CC5CC(C3)C(=O)C(C5)C4)S2)cc1. The third-order valence-corrected chi connectivity index (χ3v) is 20.4. The number of thioether (sulfide) groups is 2. The van der Waals surface area contributed by atoms with Gasteiger partial charge in [0, 0.05) is 28.8 Å². The van der Waals surface area contributed by atoms with E-state index in [-0.39, 0.29) is 75.2 Å². The number of carbonyl (C=O) groups is 3. The lowest BCUT2D eigenvalue weighted by molar-refractivity contribution is -0.208. The van der Waals surface area contributed by atoms with E-state index in [0.29, 0.717) is 24.5 Å². The van der Waals surface area contributed by atoms with Crippen LogP contribution >= 0.6 is 23.5 Å². The van der Waals surface area contributed by atoms with E-state index in [2.05, 4.69) is 84.0 Å². The Morgan fingerprint density at radius 1 is 0.847 bits per heavy atom. The molecule has 8 nitrogen and oxygen atoms in total. The molecule has 0 amide bonds. The highest BCUT2D eigenvalue weighted by molar-refractivity contribution is 8.21. The molecule has 8 aliphatic carbocycles. The number of hydrogen-bond acceptors (Lipinski definition) is 9. The van der Waals surface area contributed by atoms with Crippen molar-refractivity contribution in [2.24, 2.45) is 40.9 Å². The van der Waals surface area contributed by atoms with Crippen molar-refractivity contribution in [1.82, 2.24) is 0 Å². The lowest BCUT2D eigenvalue weighted by Crippen LogP contribution is -2.65. The molecule has 1 heterocycles. The topological polar surface area (TPSA) is 124 Å². The number of alkyl halides is 2. The summed E-state index contributed by atoms with van der Waals surface area (Å²) in [6.45, 7) is 13.0. The van der Waals surface area contributed by atoms with E-state index < -0.39 is 38.3 Å². The molecule has 320 valence electrons. The number of ether oxygens (including phenoxy) is 2. The van der Waals surface area contributed by atoms with Gasteiger partial charge in [-0.3, -0.25) is 14.1 Å². The number of benzene rings is 2. The van der Waals surface area contributed by atoms with Crippen molar-refractivity contribution in [3.63, 3.8) is 0 Å². The van der Waals surface area contributed by atoms with Crippen LogP contribution < -0.4 is 0 Å². The van der Waals surface area contributed by atoms with Gasteiger partial charge >= 0.3 is 27.3 Å². The average Bonchev–Trinajstić information content (AvgIpc) is 3.57. The largest absolute Gasteiger partial charge is 0.465 e. The van der Waals surface area contributed by atoms with Gasteiger partial charge < -0.3 is 9.47 Å². The van der Waals surface area contributed by atoms with Crippen LogP contribution in [-0.2, 0) is 44.8 Å². The molecule has 1 spiro atoms. The standard InChI is InChI=1S/C46H56F2O8S3/c1-41(2,3)30-9-7-26(8-10-30)35-12-11-31(42(4,5)6)17-36(35)37-27-15-32-21-44(37,56-40(51)46(47,48)59(52,53)54)22-33(16-27)45(32)57-24-34(58-45)23-55-39(50)43-18-25-13-28(19-43)38(49)29(14-25)20-43/h7-12,17,25,27-29,32-34,37H,13-16,18-24H2,1-6H3,(H,52,53,54). The van der Waals surface area contributed by atoms with Gasteiger partial charge in [0.1, 0.15) is 18.0 Å². The molecule has 1 saturated heterocycles. The predicted octanol–water partition coefficient (Wildman–Crippen LogP) is 9.73. The first-order chi connectivity index (χ1) is 27.4. The molecule has 11 rings (SSSR count). The zero-order valence-corrected chi connectivity index (χ0v) is 37.2. The molecule has 9 aliphatic rings. The highest BCUT2D eigenvalue weighted by Crippen LogP contribution is 2.74. The maximum absolute atomic E-state index is 15.2. The Hall–Kier alpha value is -2.48. The van der Waals surface area contributed by atoms with Crippen LogP contribution in [0.4, 0.5) is 8.78 Å². The van der Waals surface area contributed by atoms with E-state index in [1.165, 1.54) is 0 Å². The molecule has 6 atom stereocenters. The van der Waals surface area contributed by atoms with Crippen LogP contribution in [0.3, 0.4) is 0 Å². The molecule has 13 heteroatoms. The molecule has 9 fully saturated rings. The van der Waals surface area contributed by atoms with Gasteiger partial charge in [-0.15, -0.1) is 23.5 Å². The van der Waals surface area contributed by atoms with Crippen LogP contribution in [0.25, 0.3) is 11.1 Å². The van der Waals surface area contributed by atoms with Gasteiger partial charge in [0.2, 0.25) is 0 Å². The maximum Gasteiger partial charge on any atom is 0.465 e. The average molecular weight is 871 g/mol. The molecule has 1 aliphatic heterocycles. The molecular weight excluding hydrogens is 815 g/mol. The summed E-state index contributed by atoms with van der Waals surface area (Å²) in [6.07, 6.45) is 5.84. The first-order valence-electron chi connectivity index (χ1n) is 21.3. The number of rotatable bonds is 8. The summed E-state index contributed by atoms with van der Waals surface area (Å²) >= 11 is 3.64. The van der Waals surface area contributed by atoms with Crippen LogP contribution in [0, 0.1) is 40.9 Å². The monoisotopic (exact) mass is 870 g/mol. The second kappa shape index (κ2) is 13.8. The quantitative estimate of drug-likeness (QED) is 0.203. The minimum absolute atomic E-state index is 0.0151. The Morgan fingerprint density at radius 3 is 2.02 bits per heavy atom. The van der Waals surface area contributed by atoms with Crippen LogP contribution in [-0.4, -0.2) is 63.2 Å². The summed E-state index contributed by atoms with van der Waals surface area (Å²) in [4.78, 5) is 40.0. The third-order valence-electron chi connectivity index (χ3n) is 15.4. The van der Waals surface area contributed by atoms with Crippen molar-refractivity contribution in [3.8, 4) is 11.1 Å². The summed E-state index contributed by atoms with van der Waals surface area (Å²) in [7, 11) is -6.10. The van der Waals surface area contributed by atoms with E-state index in [4.69, 9.17) is 9.47 Å². The van der Waals surface area contributed by atoms with Gasteiger partial charge in [0.25, 0.3) is 0 Å². The van der Waals surface area contributed by atoms with Gasteiger partial charge in [-0.2, -0.15) is 17.2 Å². The van der Waals surface area contributed by atoms with E-state index >= 15 is 8.78 Å². The minimum Gasteiger partial charge on any atom is -0.464 e. The Kier molecular flexibility index (Phi) is 9.76. The summed E-state index contributed by atoms with van der Waals surface area (Å²) in [6, 6.07) is 14.7. The van der Waals surface area contributed by atoms with E-state index in [1.807, 2.05) is 23.5 Å². The number of carbonyl (C=O) groups excluding carboxylic acids is 3. The van der Waals surface area contributed by atoms with Crippen molar-refractivity contribution >= 4 is 51.4 Å². The fourth-order valence-corrected chi connectivity index (χ4v) is 17.3. The zero-order valence-electron chi connectivity index (χ0n) is 34.7. The molecule has 0 aromatic heterocycles. The highest BCUT2D eigenvalue weighted by Gasteiger charge is 2.71. The molecule has 1 N–H and O–H groups in total. The lowest BCUT2D eigenvalue weighted by Gasteiger charge is -2.66. The summed E-state index contributed by atoms with van der Waals surface area (Å²) < 4.78 is 75.6. The third kappa shape index (κ3) is 6.75. The zero-order chi connectivity index (χ0) is 42.3. The van der Waals surface area contributed by atoms with Crippen LogP contribution in [0.15, 0.2) is 42.5 Å². The second-order valence-corrected chi connectivity index (χ2v) is 25.8. The number of ketones is 1. The Balaban J connectivity index is 1.03. The van der Waals surface area contributed by atoms with Crippen molar-refractivity contribution in [2.75, 3.05) is 12.4 Å². The van der Waals surface area contributed by atoms with Crippen molar-refractivity contribution in [2.45, 2.75) is 136 Å². The minimum atomic E-state index is -6.10. The Morgan fingerprint density at radius 2 is 1.44 bits per heavy atom.